The second-order valence-electron chi connectivity index (χ2n) is 4.78. The van der Waals surface area contributed by atoms with Gasteiger partial charge in [0.05, 0.1) is 6.61 Å². The predicted octanol–water partition coefficient (Wildman–Crippen LogP) is -1.33. The van der Waals surface area contributed by atoms with Gasteiger partial charge in [0.15, 0.2) is 0 Å². The van der Waals surface area contributed by atoms with Crippen LogP contribution in [0.3, 0.4) is 0 Å². The van der Waals surface area contributed by atoms with Crippen LogP contribution in [0.15, 0.2) is 18.2 Å². The number of nitrogens with one attached hydrogen (secondary N) is 1. The molecule has 1 aromatic rings. The second kappa shape index (κ2) is 6.38. The van der Waals surface area contributed by atoms with E-state index in [1.54, 1.807) is 0 Å². The molecule has 0 saturated carbocycles. The molecule has 1 unspecified atom stereocenters. The molecule has 0 aliphatic carbocycles. The SMILES string of the molecule is OC[C@H]1OC(NCCc2cc(O)ccc2O)[C@H](O)[C@@H]1O. The van der Waals surface area contributed by atoms with Crippen molar-refractivity contribution < 1.29 is 30.3 Å². The summed E-state index contributed by atoms with van der Waals surface area (Å²) in [6.45, 7) is -0.00659. The van der Waals surface area contributed by atoms with Gasteiger partial charge in [-0.05, 0) is 30.2 Å². The van der Waals surface area contributed by atoms with Gasteiger partial charge < -0.3 is 30.3 Å². The van der Waals surface area contributed by atoms with E-state index in [0.717, 1.165) is 0 Å². The van der Waals surface area contributed by atoms with Crippen molar-refractivity contribution in [3.8, 4) is 11.5 Å². The topological polar surface area (TPSA) is 122 Å². The van der Waals surface area contributed by atoms with Crippen molar-refractivity contribution in [1.29, 1.82) is 0 Å². The van der Waals surface area contributed by atoms with Gasteiger partial charge in [0, 0.05) is 6.54 Å². The van der Waals surface area contributed by atoms with Crippen LogP contribution in [0, 0.1) is 0 Å². The Morgan fingerprint density at radius 2 is 1.90 bits per heavy atom. The number of benzene rings is 1. The molecule has 0 amide bonds. The van der Waals surface area contributed by atoms with Crippen molar-refractivity contribution in [1.82, 2.24) is 5.32 Å². The summed E-state index contributed by atoms with van der Waals surface area (Å²) in [4.78, 5) is 0. The van der Waals surface area contributed by atoms with Gasteiger partial charge in [-0.3, -0.25) is 5.32 Å². The number of aromatic hydroxyl groups is 2. The molecule has 20 heavy (non-hydrogen) atoms. The highest BCUT2D eigenvalue weighted by atomic mass is 16.6. The summed E-state index contributed by atoms with van der Waals surface area (Å²) in [6.07, 6.45) is -3.43. The fourth-order valence-corrected chi connectivity index (χ4v) is 2.19. The Kier molecular flexibility index (Phi) is 4.79. The van der Waals surface area contributed by atoms with Gasteiger partial charge in [0.1, 0.15) is 36.0 Å². The number of phenols is 2. The highest BCUT2D eigenvalue weighted by molar-refractivity contribution is 5.38. The number of aliphatic hydroxyl groups is 3. The first kappa shape index (κ1) is 15.0. The average molecular weight is 285 g/mol. The molecule has 1 aliphatic heterocycles. The molecule has 1 aromatic carbocycles. The van der Waals surface area contributed by atoms with Crippen LogP contribution < -0.4 is 5.32 Å². The van der Waals surface area contributed by atoms with E-state index in [2.05, 4.69) is 5.32 Å². The minimum Gasteiger partial charge on any atom is -0.508 e. The van der Waals surface area contributed by atoms with E-state index in [0.29, 0.717) is 18.5 Å². The molecule has 0 radical (unpaired) electrons. The van der Waals surface area contributed by atoms with Gasteiger partial charge in [-0.15, -0.1) is 0 Å². The summed E-state index contributed by atoms with van der Waals surface area (Å²) in [5, 5.41) is 50.1. The number of hydrogen-bond donors (Lipinski definition) is 6. The monoisotopic (exact) mass is 285 g/mol. The number of phenolic OH excluding ortho intramolecular Hbond substituents is 2. The van der Waals surface area contributed by atoms with Crippen molar-refractivity contribution in [2.75, 3.05) is 13.2 Å². The molecule has 1 fully saturated rings. The Bertz CT molecular complexity index is 454. The van der Waals surface area contributed by atoms with E-state index in [4.69, 9.17) is 9.84 Å². The average Bonchev–Trinajstić information content (AvgIpc) is 2.70. The summed E-state index contributed by atoms with van der Waals surface area (Å²) in [5.74, 6) is 0.136. The maximum absolute atomic E-state index is 9.72. The van der Waals surface area contributed by atoms with E-state index in [-0.39, 0.29) is 18.1 Å². The summed E-state index contributed by atoms with van der Waals surface area (Å²) >= 11 is 0. The molecular formula is C13H19NO6. The van der Waals surface area contributed by atoms with Crippen LogP contribution in [0.1, 0.15) is 5.56 Å². The van der Waals surface area contributed by atoms with Crippen molar-refractivity contribution in [2.24, 2.45) is 0 Å². The third-order valence-electron chi connectivity index (χ3n) is 3.35. The minimum atomic E-state index is -1.13. The number of aliphatic hydroxyl groups excluding tert-OH is 3. The second-order valence-corrected chi connectivity index (χ2v) is 4.78. The van der Waals surface area contributed by atoms with Crippen LogP contribution in [0.2, 0.25) is 0 Å². The minimum absolute atomic E-state index is 0.0608. The molecule has 0 spiro atoms. The Balaban J connectivity index is 1.86. The van der Waals surface area contributed by atoms with Gasteiger partial charge in [0.25, 0.3) is 0 Å². The van der Waals surface area contributed by atoms with E-state index in [9.17, 15) is 20.4 Å². The Morgan fingerprint density at radius 1 is 1.15 bits per heavy atom. The van der Waals surface area contributed by atoms with Crippen LogP contribution in [-0.2, 0) is 11.2 Å². The molecule has 0 aromatic heterocycles. The van der Waals surface area contributed by atoms with Crippen LogP contribution in [0.25, 0.3) is 0 Å². The molecule has 4 atom stereocenters. The van der Waals surface area contributed by atoms with Crippen molar-refractivity contribution in [2.45, 2.75) is 31.0 Å². The van der Waals surface area contributed by atoms with Crippen molar-refractivity contribution in [3.63, 3.8) is 0 Å². The van der Waals surface area contributed by atoms with Crippen LogP contribution in [-0.4, -0.2) is 63.2 Å². The van der Waals surface area contributed by atoms with Crippen LogP contribution >= 0.6 is 0 Å². The smallest absolute Gasteiger partial charge is 0.137 e. The number of hydrogen-bond acceptors (Lipinski definition) is 7. The van der Waals surface area contributed by atoms with E-state index < -0.39 is 24.5 Å². The van der Waals surface area contributed by atoms with Gasteiger partial charge in [-0.2, -0.15) is 0 Å². The standard InChI is InChI=1S/C13H19NO6/c15-6-10-11(18)12(19)13(20-10)14-4-3-7-5-8(16)1-2-9(7)17/h1-2,5,10-19H,3-4,6H2/t10-,11-,12-,13?/m1/s1. The highest BCUT2D eigenvalue weighted by Gasteiger charge is 2.41. The fourth-order valence-electron chi connectivity index (χ4n) is 2.19. The van der Waals surface area contributed by atoms with Gasteiger partial charge in [0.2, 0.25) is 0 Å². The predicted molar refractivity (Wildman–Crippen MR) is 69.2 cm³/mol. The lowest BCUT2D eigenvalue weighted by Gasteiger charge is -2.16. The molecular weight excluding hydrogens is 266 g/mol. The van der Waals surface area contributed by atoms with Crippen LogP contribution in [0.5, 0.6) is 11.5 Å². The normalized spacial score (nSPS) is 29.8. The maximum Gasteiger partial charge on any atom is 0.137 e. The first-order valence-electron chi connectivity index (χ1n) is 6.39. The molecule has 1 saturated heterocycles. The zero-order valence-corrected chi connectivity index (χ0v) is 10.8. The van der Waals surface area contributed by atoms with Gasteiger partial charge in [-0.25, -0.2) is 0 Å². The molecule has 1 heterocycles. The Labute approximate surface area is 116 Å². The summed E-state index contributed by atoms with van der Waals surface area (Å²) < 4.78 is 5.25. The lowest BCUT2D eigenvalue weighted by Crippen LogP contribution is -2.41. The third-order valence-corrected chi connectivity index (χ3v) is 3.35. The fraction of sp³-hybridized carbons (Fsp3) is 0.538. The number of ether oxygens (including phenoxy) is 1. The molecule has 6 N–H and O–H groups in total. The van der Waals surface area contributed by atoms with E-state index in [1.165, 1.54) is 18.2 Å². The molecule has 7 nitrogen and oxygen atoms in total. The lowest BCUT2D eigenvalue weighted by atomic mass is 10.1. The van der Waals surface area contributed by atoms with Crippen molar-refractivity contribution in [3.05, 3.63) is 23.8 Å². The Hall–Kier alpha value is -1.38. The zero-order valence-electron chi connectivity index (χ0n) is 10.8. The largest absolute Gasteiger partial charge is 0.508 e. The maximum atomic E-state index is 9.72. The third kappa shape index (κ3) is 3.20. The van der Waals surface area contributed by atoms with Crippen LogP contribution in [0.4, 0.5) is 0 Å². The first-order valence-corrected chi connectivity index (χ1v) is 6.39. The number of rotatable bonds is 5. The van der Waals surface area contributed by atoms with Gasteiger partial charge >= 0.3 is 0 Å². The van der Waals surface area contributed by atoms with E-state index in [1.807, 2.05) is 0 Å². The lowest BCUT2D eigenvalue weighted by molar-refractivity contribution is -0.0327. The van der Waals surface area contributed by atoms with E-state index >= 15 is 0 Å². The Morgan fingerprint density at radius 3 is 2.55 bits per heavy atom. The quantitative estimate of drug-likeness (QED) is 0.370. The summed E-state index contributed by atoms with van der Waals surface area (Å²) in [6, 6.07) is 4.24. The highest BCUT2D eigenvalue weighted by Crippen LogP contribution is 2.23. The van der Waals surface area contributed by atoms with Crippen molar-refractivity contribution >= 4 is 0 Å². The molecule has 112 valence electrons. The summed E-state index contributed by atoms with van der Waals surface area (Å²) in [5.41, 5.74) is 0.559. The van der Waals surface area contributed by atoms with Gasteiger partial charge in [-0.1, -0.05) is 0 Å². The first-order chi connectivity index (χ1) is 9.52. The molecule has 2 rings (SSSR count). The molecule has 0 bridgehead atoms. The zero-order chi connectivity index (χ0) is 14.7. The molecule has 7 heteroatoms. The summed E-state index contributed by atoms with van der Waals surface area (Å²) in [7, 11) is 0. The molecule has 1 aliphatic rings.